The van der Waals surface area contributed by atoms with E-state index in [1.54, 1.807) is 12.1 Å². The zero-order valence-electron chi connectivity index (χ0n) is 10.1. The van der Waals surface area contributed by atoms with E-state index in [0.717, 1.165) is 5.56 Å². The first-order chi connectivity index (χ1) is 8.34. The molecule has 1 atom stereocenters. The van der Waals surface area contributed by atoms with Crippen molar-refractivity contribution in [2.24, 2.45) is 5.14 Å². The lowest BCUT2D eigenvalue weighted by molar-refractivity contribution is -0.120. The molecule has 0 aliphatic heterocycles. The number of benzene rings is 1. The molecular weight excluding hydrogens is 252 g/mol. The van der Waals surface area contributed by atoms with Gasteiger partial charge in [0.2, 0.25) is 15.9 Å². The third kappa shape index (κ3) is 3.97. The van der Waals surface area contributed by atoms with Crippen LogP contribution in [0, 0.1) is 0 Å². The Labute approximate surface area is 107 Å². The van der Waals surface area contributed by atoms with Crippen LogP contribution in [0.25, 0.3) is 0 Å². The first kappa shape index (κ1) is 14.4. The summed E-state index contributed by atoms with van der Waals surface area (Å²) in [5.74, 6) is -0.131. The van der Waals surface area contributed by atoms with Crippen LogP contribution in [0.2, 0.25) is 0 Å². The van der Waals surface area contributed by atoms with Gasteiger partial charge < -0.3 is 5.32 Å². The van der Waals surface area contributed by atoms with Crippen LogP contribution in [0.5, 0.6) is 0 Å². The quantitative estimate of drug-likeness (QED) is 0.783. The molecule has 1 unspecified atom stereocenters. The maximum Gasteiger partial charge on any atom is 0.238 e. The Kier molecular flexibility index (Phi) is 4.63. The third-order valence-electron chi connectivity index (χ3n) is 2.42. The van der Waals surface area contributed by atoms with Crippen LogP contribution in [-0.4, -0.2) is 14.3 Å². The summed E-state index contributed by atoms with van der Waals surface area (Å²) in [7, 11) is -3.68. The van der Waals surface area contributed by atoms with Crippen LogP contribution in [0.3, 0.4) is 0 Å². The van der Waals surface area contributed by atoms with E-state index < -0.39 is 10.0 Å². The molecule has 0 fully saturated rings. The van der Waals surface area contributed by atoms with E-state index in [2.05, 4.69) is 11.9 Å². The van der Waals surface area contributed by atoms with Crippen molar-refractivity contribution in [3.05, 3.63) is 42.5 Å². The standard InChI is InChI=1S/C12H16N2O3S/c1-3-4-12(15)14-9(2)10-5-7-11(8-6-10)18(13,16)17/h3,5-9H,1,4H2,2H3,(H,14,15)(H2,13,16,17). The van der Waals surface area contributed by atoms with Gasteiger partial charge in [-0.1, -0.05) is 18.2 Å². The number of hydrogen-bond donors (Lipinski definition) is 2. The number of carbonyl (C=O) groups excluding carboxylic acids is 1. The highest BCUT2D eigenvalue weighted by Gasteiger charge is 2.11. The van der Waals surface area contributed by atoms with E-state index in [1.165, 1.54) is 18.2 Å². The van der Waals surface area contributed by atoms with Gasteiger partial charge in [-0.25, -0.2) is 13.6 Å². The fraction of sp³-hybridized carbons (Fsp3) is 0.250. The average Bonchev–Trinajstić information content (AvgIpc) is 2.28. The van der Waals surface area contributed by atoms with Gasteiger partial charge in [0.15, 0.2) is 0 Å². The van der Waals surface area contributed by atoms with E-state index in [0.29, 0.717) is 0 Å². The minimum Gasteiger partial charge on any atom is -0.349 e. The van der Waals surface area contributed by atoms with Crippen LogP contribution < -0.4 is 10.5 Å². The minimum absolute atomic E-state index is 0.0517. The summed E-state index contributed by atoms with van der Waals surface area (Å²) in [4.78, 5) is 11.4. The lowest BCUT2D eigenvalue weighted by atomic mass is 10.1. The largest absolute Gasteiger partial charge is 0.349 e. The number of amides is 1. The molecule has 1 amide bonds. The smallest absolute Gasteiger partial charge is 0.238 e. The van der Waals surface area contributed by atoms with Crippen LogP contribution in [-0.2, 0) is 14.8 Å². The monoisotopic (exact) mass is 268 g/mol. The number of carbonyl (C=O) groups is 1. The fourth-order valence-electron chi connectivity index (χ4n) is 1.46. The van der Waals surface area contributed by atoms with Crippen LogP contribution >= 0.6 is 0 Å². The molecule has 5 nitrogen and oxygen atoms in total. The van der Waals surface area contributed by atoms with Gasteiger partial charge in [-0.15, -0.1) is 6.58 Å². The van der Waals surface area contributed by atoms with E-state index >= 15 is 0 Å². The topological polar surface area (TPSA) is 89.3 Å². The molecule has 0 aliphatic carbocycles. The van der Waals surface area contributed by atoms with Crippen LogP contribution in [0.4, 0.5) is 0 Å². The summed E-state index contributed by atoms with van der Waals surface area (Å²) >= 11 is 0. The molecule has 98 valence electrons. The Morgan fingerprint density at radius 3 is 2.44 bits per heavy atom. The predicted octanol–water partition coefficient (Wildman–Crippen LogP) is 1.09. The molecule has 3 N–H and O–H groups in total. The Bertz CT molecular complexity index is 535. The summed E-state index contributed by atoms with van der Waals surface area (Å²) < 4.78 is 22.1. The molecule has 0 spiro atoms. The lowest BCUT2D eigenvalue weighted by Gasteiger charge is -2.14. The molecule has 0 aromatic heterocycles. The van der Waals surface area contributed by atoms with Crippen molar-refractivity contribution >= 4 is 15.9 Å². The molecule has 0 aliphatic rings. The van der Waals surface area contributed by atoms with E-state index in [1.807, 2.05) is 6.92 Å². The molecule has 0 heterocycles. The van der Waals surface area contributed by atoms with Crippen molar-refractivity contribution < 1.29 is 13.2 Å². The third-order valence-corrected chi connectivity index (χ3v) is 3.35. The molecule has 1 aromatic rings. The Hall–Kier alpha value is -1.66. The number of nitrogens with one attached hydrogen (secondary N) is 1. The number of hydrogen-bond acceptors (Lipinski definition) is 3. The average molecular weight is 268 g/mol. The van der Waals surface area contributed by atoms with Crippen molar-refractivity contribution in [2.45, 2.75) is 24.3 Å². The van der Waals surface area contributed by atoms with Gasteiger partial charge in [-0.3, -0.25) is 4.79 Å². The SMILES string of the molecule is C=CCC(=O)NC(C)c1ccc(S(N)(=O)=O)cc1. The predicted molar refractivity (Wildman–Crippen MR) is 69.2 cm³/mol. The van der Waals surface area contributed by atoms with Gasteiger partial charge in [0, 0.05) is 6.42 Å². The zero-order valence-corrected chi connectivity index (χ0v) is 10.9. The maximum atomic E-state index is 11.4. The molecule has 1 rings (SSSR count). The molecule has 0 radical (unpaired) electrons. The Morgan fingerprint density at radius 2 is 2.00 bits per heavy atom. The van der Waals surface area contributed by atoms with E-state index in [-0.39, 0.29) is 23.3 Å². The summed E-state index contributed by atoms with van der Waals surface area (Å²) in [6.45, 7) is 5.29. The summed E-state index contributed by atoms with van der Waals surface area (Å²) in [6.07, 6.45) is 1.77. The highest BCUT2D eigenvalue weighted by molar-refractivity contribution is 7.89. The minimum atomic E-state index is -3.68. The maximum absolute atomic E-state index is 11.4. The molecule has 0 saturated carbocycles. The summed E-state index contributed by atoms with van der Waals surface area (Å²) in [6, 6.07) is 5.88. The molecule has 1 aromatic carbocycles. The zero-order chi connectivity index (χ0) is 13.8. The van der Waals surface area contributed by atoms with Gasteiger partial charge >= 0.3 is 0 Å². The van der Waals surface area contributed by atoms with Gasteiger partial charge in [-0.2, -0.15) is 0 Å². The van der Waals surface area contributed by atoms with Crippen molar-refractivity contribution in [2.75, 3.05) is 0 Å². The summed E-state index contributed by atoms with van der Waals surface area (Å²) in [5, 5.41) is 7.76. The first-order valence-corrected chi connectivity index (χ1v) is 6.92. The van der Waals surface area contributed by atoms with Crippen molar-refractivity contribution in [3.63, 3.8) is 0 Å². The highest BCUT2D eigenvalue weighted by Crippen LogP contribution is 2.15. The second-order valence-electron chi connectivity index (χ2n) is 3.90. The van der Waals surface area contributed by atoms with Crippen LogP contribution in [0.1, 0.15) is 24.9 Å². The number of primary sulfonamides is 1. The van der Waals surface area contributed by atoms with Gasteiger partial charge in [0.05, 0.1) is 10.9 Å². The summed E-state index contributed by atoms with van der Waals surface area (Å²) in [5.41, 5.74) is 0.805. The Morgan fingerprint density at radius 1 is 1.44 bits per heavy atom. The number of sulfonamides is 1. The molecule has 6 heteroatoms. The van der Waals surface area contributed by atoms with Crippen molar-refractivity contribution in [1.82, 2.24) is 5.32 Å². The Balaban J connectivity index is 2.79. The molecule has 0 bridgehead atoms. The number of rotatable bonds is 5. The van der Waals surface area contributed by atoms with Gasteiger partial charge in [0.1, 0.15) is 0 Å². The highest BCUT2D eigenvalue weighted by atomic mass is 32.2. The van der Waals surface area contributed by atoms with Gasteiger partial charge in [-0.05, 0) is 24.6 Å². The van der Waals surface area contributed by atoms with Crippen molar-refractivity contribution in [1.29, 1.82) is 0 Å². The molecule has 0 saturated heterocycles. The molecular formula is C12H16N2O3S. The second-order valence-corrected chi connectivity index (χ2v) is 5.46. The van der Waals surface area contributed by atoms with Crippen molar-refractivity contribution in [3.8, 4) is 0 Å². The molecule has 18 heavy (non-hydrogen) atoms. The first-order valence-electron chi connectivity index (χ1n) is 5.37. The fourth-order valence-corrected chi connectivity index (χ4v) is 1.98. The lowest BCUT2D eigenvalue weighted by Crippen LogP contribution is -2.25. The van der Waals surface area contributed by atoms with Crippen LogP contribution in [0.15, 0.2) is 41.8 Å². The second kappa shape index (κ2) is 5.79. The van der Waals surface area contributed by atoms with E-state index in [4.69, 9.17) is 5.14 Å². The van der Waals surface area contributed by atoms with Gasteiger partial charge in [0.25, 0.3) is 0 Å². The van der Waals surface area contributed by atoms with E-state index in [9.17, 15) is 13.2 Å². The number of nitrogens with two attached hydrogens (primary N) is 1. The normalized spacial score (nSPS) is 12.8.